The van der Waals surface area contributed by atoms with E-state index in [-0.39, 0.29) is 11.7 Å². The van der Waals surface area contributed by atoms with Crippen LogP contribution in [0.2, 0.25) is 0 Å². The van der Waals surface area contributed by atoms with Crippen LogP contribution in [0.15, 0.2) is 24.3 Å². The Morgan fingerprint density at radius 1 is 1.26 bits per heavy atom. The van der Waals surface area contributed by atoms with Crippen LogP contribution in [0.3, 0.4) is 0 Å². The molecule has 3 rings (SSSR count). The molecule has 1 aromatic heterocycles. The molecule has 1 fully saturated rings. The molecule has 23 heavy (non-hydrogen) atoms. The monoisotopic (exact) mass is 351 g/mol. The van der Waals surface area contributed by atoms with E-state index >= 15 is 0 Å². The fourth-order valence-corrected chi connectivity index (χ4v) is 4.95. The molecule has 0 atom stereocenters. The van der Waals surface area contributed by atoms with Gasteiger partial charge >= 0.3 is 0 Å². The summed E-state index contributed by atoms with van der Waals surface area (Å²) in [6.07, 6.45) is 0.642. The van der Waals surface area contributed by atoms with Gasteiger partial charge in [0, 0.05) is 17.1 Å². The number of aryl methyl sites for hydroxylation is 2. The van der Waals surface area contributed by atoms with Gasteiger partial charge < -0.3 is 5.32 Å². The van der Waals surface area contributed by atoms with Crippen LogP contribution in [0.4, 0.5) is 11.4 Å². The summed E-state index contributed by atoms with van der Waals surface area (Å²) in [5, 5.41) is 3.64. The number of rotatable bonds is 3. The summed E-state index contributed by atoms with van der Waals surface area (Å²) in [7, 11) is -3.18. The van der Waals surface area contributed by atoms with Crippen LogP contribution in [0.25, 0.3) is 0 Å². The minimum Gasteiger partial charge on any atom is -0.321 e. The van der Waals surface area contributed by atoms with Crippen LogP contribution in [0.1, 0.15) is 26.8 Å². The van der Waals surface area contributed by atoms with Crippen molar-refractivity contribution in [2.45, 2.75) is 20.3 Å². The number of benzene rings is 1. The number of nitrogens with zero attached hydrogens (tertiary/aromatic N) is 2. The first kappa shape index (κ1) is 15.9. The number of anilines is 2. The average molecular weight is 351 g/mol. The van der Waals surface area contributed by atoms with Crippen molar-refractivity contribution in [2.24, 2.45) is 0 Å². The van der Waals surface area contributed by atoms with E-state index in [1.807, 2.05) is 13.8 Å². The molecule has 8 heteroatoms. The van der Waals surface area contributed by atoms with Crippen molar-refractivity contribution < 1.29 is 13.2 Å². The van der Waals surface area contributed by atoms with Crippen molar-refractivity contribution in [3.8, 4) is 0 Å². The highest BCUT2D eigenvalue weighted by Crippen LogP contribution is 2.25. The summed E-state index contributed by atoms with van der Waals surface area (Å²) in [6.45, 7) is 4.23. The van der Waals surface area contributed by atoms with E-state index in [0.29, 0.717) is 30.0 Å². The van der Waals surface area contributed by atoms with Gasteiger partial charge in [-0.3, -0.25) is 9.10 Å². The van der Waals surface area contributed by atoms with Crippen LogP contribution in [-0.2, 0) is 10.0 Å². The molecule has 0 aliphatic carbocycles. The van der Waals surface area contributed by atoms with Crippen LogP contribution in [-0.4, -0.2) is 31.6 Å². The van der Waals surface area contributed by atoms with Crippen molar-refractivity contribution in [2.75, 3.05) is 21.9 Å². The molecule has 1 aliphatic rings. The quantitative estimate of drug-likeness (QED) is 0.922. The van der Waals surface area contributed by atoms with Gasteiger partial charge in [-0.25, -0.2) is 13.4 Å². The predicted octanol–water partition coefficient (Wildman–Crippen LogP) is 2.55. The van der Waals surface area contributed by atoms with Gasteiger partial charge in [0.15, 0.2) is 0 Å². The number of thiazole rings is 1. The van der Waals surface area contributed by atoms with Gasteiger partial charge in [-0.15, -0.1) is 11.3 Å². The van der Waals surface area contributed by atoms with Gasteiger partial charge in [0.25, 0.3) is 5.91 Å². The Balaban J connectivity index is 1.75. The Morgan fingerprint density at radius 3 is 2.48 bits per heavy atom. The second kappa shape index (κ2) is 5.93. The largest absolute Gasteiger partial charge is 0.321 e. The number of carbonyl (C=O) groups excluding carboxylic acids is 1. The highest BCUT2D eigenvalue weighted by atomic mass is 32.2. The zero-order valence-corrected chi connectivity index (χ0v) is 14.5. The maximum atomic E-state index is 12.2. The molecule has 1 N–H and O–H groups in total. The third kappa shape index (κ3) is 3.23. The minimum absolute atomic E-state index is 0.188. The van der Waals surface area contributed by atoms with Gasteiger partial charge in [0.05, 0.1) is 16.4 Å². The van der Waals surface area contributed by atoms with E-state index in [4.69, 9.17) is 0 Å². The molecule has 1 saturated heterocycles. The zero-order valence-electron chi connectivity index (χ0n) is 12.9. The number of amides is 1. The summed E-state index contributed by atoms with van der Waals surface area (Å²) in [5.41, 5.74) is 1.67. The maximum absolute atomic E-state index is 12.2. The molecule has 1 aliphatic heterocycles. The number of hydrogen-bond acceptors (Lipinski definition) is 5. The van der Waals surface area contributed by atoms with Crippen LogP contribution in [0.5, 0.6) is 0 Å². The van der Waals surface area contributed by atoms with Crippen LogP contribution in [0, 0.1) is 13.8 Å². The third-order valence-corrected chi connectivity index (χ3v) is 6.39. The lowest BCUT2D eigenvalue weighted by Gasteiger charge is -2.17. The van der Waals surface area contributed by atoms with E-state index in [1.165, 1.54) is 15.6 Å². The molecule has 0 radical (unpaired) electrons. The average Bonchev–Trinajstić information content (AvgIpc) is 3.01. The first-order valence-corrected chi connectivity index (χ1v) is 9.65. The van der Waals surface area contributed by atoms with Gasteiger partial charge in [-0.1, -0.05) is 0 Å². The molecule has 1 amide bonds. The fraction of sp³-hybridized carbons (Fsp3) is 0.333. The topological polar surface area (TPSA) is 79.4 Å². The van der Waals surface area contributed by atoms with E-state index in [0.717, 1.165) is 9.88 Å². The molecule has 6 nitrogen and oxygen atoms in total. The SMILES string of the molecule is Cc1nc(C(=O)Nc2ccc(N3CCCS3(=O)=O)cc2)c(C)s1. The van der Waals surface area contributed by atoms with Crippen molar-refractivity contribution in [1.29, 1.82) is 0 Å². The second-order valence-electron chi connectivity index (χ2n) is 5.38. The molecule has 0 saturated carbocycles. The Labute approximate surface area is 139 Å². The van der Waals surface area contributed by atoms with Crippen LogP contribution >= 0.6 is 11.3 Å². The number of carbonyl (C=O) groups is 1. The Morgan fingerprint density at radius 2 is 1.96 bits per heavy atom. The maximum Gasteiger partial charge on any atom is 0.275 e. The van der Waals surface area contributed by atoms with Crippen molar-refractivity contribution >= 4 is 38.6 Å². The normalized spacial score (nSPS) is 16.5. The van der Waals surface area contributed by atoms with Gasteiger partial charge in [-0.2, -0.15) is 0 Å². The lowest BCUT2D eigenvalue weighted by Crippen LogP contribution is -2.25. The smallest absolute Gasteiger partial charge is 0.275 e. The second-order valence-corrected chi connectivity index (χ2v) is 8.80. The lowest BCUT2D eigenvalue weighted by atomic mass is 10.2. The molecular weight excluding hydrogens is 334 g/mol. The summed E-state index contributed by atoms with van der Waals surface area (Å²) in [5.74, 6) is -0.0677. The molecule has 1 aromatic carbocycles. The van der Waals surface area contributed by atoms with E-state index in [9.17, 15) is 13.2 Å². The van der Waals surface area contributed by atoms with Crippen molar-refractivity contribution in [3.05, 3.63) is 39.8 Å². The molecule has 0 bridgehead atoms. The number of nitrogens with one attached hydrogen (secondary N) is 1. The molecule has 0 spiro atoms. The van der Waals surface area contributed by atoms with Crippen molar-refractivity contribution in [1.82, 2.24) is 4.98 Å². The number of sulfonamides is 1. The number of hydrogen-bond donors (Lipinski definition) is 1. The van der Waals surface area contributed by atoms with Gasteiger partial charge in [-0.05, 0) is 44.5 Å². The van der Waals surface area contributed by atoms with E-state index in [2.05, 4.69) is 10.3 Å². The van der Waals surface area contributed by atoms with E-state index < -0.39 is 10.0 Å². The lowest BCUT2D eigenvalue weighted by molar-refractivity contribution is 0.102. The minimum atomic E-state index is -3.18. The first-order chi connectivity index (χ1) is 10.9. The predicted molar refractivity (Wildman–Crippen MR) is 91.7 cm³/mol. The summed E-state index contributed by atoms with van der Waals surface area (Å²) in [6, 6.07) is 6.82. The highest BCUT2D eigenvalue weighted by Gasteiger charge is 2.28. The molecule has 122 valence electrons. The van der Waals surface area contributed by atoms with E-state index in [1.54, 1.807) is 24.3 Å². The standard InChI is InChI=1S/C15H17N3O3S2/c1-10-14(16-11(2)22-10)15(19)17-12-4-6-13(7-5-12)18-8-3-9-23(18,20)21/h4-7H,3,8-9H2,1-2H3,(H,17,19). The molecule has 2 heterocycles. The molecule has 0 unspecified atom stereocenters. The van der Waals surface area contributed by atoms with Gasteiger partial charge in [0.2, 0.25) is 10.0 Å². The Bertz CT molecular complexity index is 841. The van der Waals surface area contributed by atoms with Crippen LogP contribution < -0.4 is 9.62 Å². The fourth-order valence-electron chi connectivity index (χ4n) is 2.57. The summed E-state index contributed by atoms with van der Waals surface area (Å²) >= 11 is 1.48. The Kier molecular flexibility index (Phi) is 4.11. The highest BCUT2D eigenvalue weighted by molar-refractivity contribution is 7.93. The first-order valence-electron chi connectivity index (χ1n) is 7.23. The Hall–Kier alpha value is -1.93. The number of aromatic nitrogens is 1. The molecular formula is C15H17N3O3S2. The summed E-state index contributed by atoms with van der Waals surface area (Å²) < 4.78 is 25.2. The third-order valence-electron chi connectivity index (χ3n) is 3.63. The van der Waals surface area contributed by atoms with Crippen molar-refractivity contribution in [3.63, 3.8) is 0 Å². The molecule has 2 aromatic rings. The summed E-state index contributed by atoms with van der Waals surface area (Å²) in [4.78, 5) is 17.3. The van der Waals surface area contributed by atoms with Gasteiger partial charge in [0.1, 0.15) is 5.69 Å². The zero-order chi connectivity index (χ0) is 16.6.